The minimum Gasteiger partial charge on any atom is -0.381 e. The second kappa shape index (κ2) is 10.0. The predicted octanol–water partition coefficient (Wildman–Crippen LogP) is 2.48. The van der Waals surface area contributed by atoms with Crippen molar-refractivity contribution in [2.24, 2.45) is 0 Å². The number of ether oxygens (including phenoxy) is 1. The van der Waals surface area contributed by atoms with E-state index >= 15 is 4.39 Å². The molecule has 1 aliphatic heterocycles. The zero-order valence-electron chi connectivity index (χ0n) is 18.0. The number of hydrogen-bond donors (Lipinski definition) is 2. The number of aromatic nitrogens is 1. The van der Waals surface area contributed by atoms with Crippen molar-refractivity contribution in [1.29, 1.82) is 0 Å². The molecule has 0 unspecified atom stereocenters. The summed E-state index contributed by atoms with van der Waals surface area (Å²) in [5.74, 6) is -0.418. The molecule has 31 heavy (non-hydrogen) atoms. The van der Waals surface area contributed by atoms with Crippen molar-refractivity contribution in [1.82, 2.24) is 14.6 Å². The Morgan fingerprint density at radius 3 is 2.55 bits per heavy atom. The number of rotatable bonds is 9. The topological polar surface area (TPSA) is 91.5 Å². The molecule has 0 spiro atoms. The third-order valence-electron chi connectivity index (χ3n) is 5.72. The highest BCUT2D eigenvalue weighted by atomic mass is 32.2. The summed E-state index contributed by atoms with van der Waals surface area (Å²) in [6.07, 6.45) is 4.83. The average Bonchev–Trinajstić information content (AvgIpc) is 2.74. The average molecular weight is 452 g/mol. The molecule has 0 amide bonds. The number of benzene rings is 1. The van der Waals surface area contributed by atoms with Crippen LogP contribution >= 0.6 is 0 Å². The van der Waals surface area contributed by atoms with Crippen LogP contribution in [0.4, 0.5) is 4.39 Å². The van der Waals surface area contributed by atoms with Crippen LogP contribution in [0.3, 0.4) is 0 Å². The molecule has 2 aromatic rings. The number of hydrogen-bond acceptors (Lipinski definition) is 5. The van der Waals surface area contributed by atoms with Crippen LogP contribution in [-0.2, 0) is 33.4 Å². The van der Waals surface area contributed by atoms with Crippen molar-refractivity contribution in [2.45, 2.75) is 44.8 Å². The van der Waals surface area contributed by atoms with Gasteiger partial charge < -0.3 is 15.0 Å². The molecule has 1 aromatic heterocycles. The lowest BCUT2D eigenvalue weighted by molar-refractivity contribution is 0.0356. The zero-order valence-corrected chi connectivity index (χ0v) is 18.8. The van der Waals surface area contributed by atoms with E-state index in [1.165, 1.54) is 16.4 Å². The van der Waals surface area contributed by atoms with Crippen LogP contribution in [0.25, 0.3) is 0 Å². The molecular weight excluding hydrogens is 421 g/mol. The number of H-pyrrole nitrogens is 1. The maximum Gasteiger partial charge on any atom is 0.247 e. The number of nitrogens with zero attached hydrogens (tertiary/aromatic N) is 1. The van der Waals surface area contributed by atoms with Crippen molar-refractivity contribution in [3.8, 4) is 0 Å². The molecule has 1 aliphatic rings. The Balaban J connectivity index is 1.83. The van der Waals surface area contributed by atoms with Gasteiger partial charge in [0, 0.05) is 56.2 Å². The first kappa shape index (κ1) is 23.6. The van der Waals surface area contributed by atoms with Crippen LogP contribution in [0, 0.1) is 5.82 Å². The maximum atomic E-state index is 15.1. The second-order valence-corrected chi connectivity index (χ2v) is 9.99. The van der Waals surface area contributed by atoms with Crippen molar-refractivity contribution >= 4 is 10.0 Å². The highest BCUT2D eigenvalue weighted by molar-refractivity contribution is 7.88. The number of halogens is 1. The zero-order chi connectivity index (χ0) is 22.5. The summed E-state index contributed by atoms with van der Waals surface area (Å²) in [6.45, 7) is 3.88. The van der Waals surface area contributed by atoms with Gasteiger partial charge in [-0.3, -0.25) is 4.79 Å². The Bertz CT molecular complexity index is 1030. The monoisotopic (exact) mass is 451 g/mol. The highest BCUT2D eigenvalue weighted by Gasteiger charge is 2.34. The smallest absolute Gasteiger partial charge is 0.247 e. The van der Waals surface area contributed by atoms with E-state index < -0.39 is 21.4 Å². The van der Waals surface area contributed by atoms with Crippen LogP contribution in [-0.4, -0.2) is 43.7 Å². The second-order valence-electron chi connectivity index (χ2n) is 8.01. The van der Waals surface area contributed by atoms with E-state index in [2.05, 4.69) is 10.3 Å². The van der Waals surface area contributed by atoms with Gasteiger partial charge in [-0.1, -0.05) is 25.1 Å². The number of sulfonamides is 1. The van der Waals surface area contributed by atoms with Crippen LogP contribution < -0.4 is 10.9 Å². The minimum atomic E-state index is -3.41. The SMILES string of the molecule is CCCN(Cc1ccc(C2(NCc3ccc(=O)[nH]c3)CCOCC2)cc1F)S(C)(=O)=O. The Hall–Kier alpha value is -2.07. The van der Waals surface area contributed by atoms with Gasteiger partial charge in [-0.15, -0.1) is 0 Å². The van der Waals surface area contributed by atoms with Gasteiger partial charge in [0.2, 0.25) is 15.6 Å². The molecule has 0 atom stereocenters. The van der Waals surface area contributed by atoms with Gasteiger partial charge in [-0.25, -0.2) is 12.8 Å². The quantitative estimate of drug-likeness (QED) is 0.611. The van der Waals surface area contributed by atoms with E-state index in [0.717, 1.165) is 17.4 Å². The van der Waals surface area contributed by atoms with Gasteiger partial charge in [-0.05, 0) is 36.5 Å². The molecule has 9 heteroatoms. The fourth-order valence-electron chi connectivity index (χ4n) is 3.89. The molecule has 0 saturated carbocycles. The summed E-state index contributed by atoms with van der Waals surface area (Å²) in [7, 11) is -3.41. The van der Waals surface area contributed by atoms with Gasteiger partial charge in [-0.2, -0.15) is 4.31 Å². The summed E-state index contributed by atoms with van der Waals surface area (Å²) >= 11 is 0. The maximum absolute atomic E-state index is 15.1. The molecule has 0 radical (unpaired) electrons. The predicted molar refractivity (Wildman–Crippen MR) is 118 cm³/mol. The molecule has 1 fully saturated rings. The van der Waals surface area contributed by atoms with Gasteiger partial charge in [0.1, 0.15) is 5.82 Å². The van der Waals surface area contributed by atoms with Gasteiger partial charge in [0.25, 0.3) is 0 Å². The van der Waals surface area contributed by atoms with Crippen LogP contribution in [0.1, 0.15) is 42.9 Å². The number of nitrogens with one attached hydrogen (secondary N) is 2. The molecular formula is C22H30FN3O4S. The molecule has 2 N–H and O–H groups in total. The molecule has 7 nitrogen and oxygen atoms in total. The summed E-state index contributed by atoms with van der Waals surface area (Å²) in [5, 5.41) is 3.54. The Morgan fingerprint density at radius 1 is 1.23 bits per heavy atom. The molecule has 1 saturated heterocycles. The largest absolute Gasteiger partial charge is 0.381 e. The molecule has 2 heterocycles. The third-order valence-corrected chi connectivity index (χ3v) is 6.97. The van der Waals surface area contributed by atoms with Gasteiger partial charge in [0.15, 0.2) is 0 Å². The van der Waals surface area contributed by atoms with Crippen molar-refractivity contribution < 1.29 is 17.5 Å². The van der Waals surface area contributed by atoms with E-state index in [9.17, 15) is 13.2 Å². The standard InChI is InChI=1S/C22H30FN3O4S/c1-3-10-26(31(2,28)29)16-18-5-6-19(13-20(18)23)22(8-11-30-12-9-22)25-15-17-4-7-21(27)24-14-17/h4-7,13-14,25H,3,8-12,15-16H2,1-2H3,(H,24,27). The van der Waals surface area contributed by atoms with E-state index in [0.29, 0.717) is 51.1 Å². The molecule has 170 valence electrons. The van der Waals surface area contributed by atoms with Crippen LogP contribution in [0.2, 0.25) is 0 Å². The first-order valence-corrected chi connectivity index (χ1v) is 12.3. The van der Waals surface area contributed by atoms with Gasteiger partial charge >= 0.3 is 0 Å². The fourth-order valence-corrected chi connectivity index (χ4v) is 4.77. The van der Waals surface area contributed by atoms with Crippen molar-refractivity contribution in [3.63, 3.8) is 0 Å². The van der Waals surface area contributed by atoms with Crippen LogP contribution in [0.5, 0.6) is 0 Å². The minimum absolute atomic E-state index is 0.0136. The number of pyridine rings is 1. The van der Waals surface area contributed by atoms with Crippen molar-refractivity contribution in [3.05, 3.63) is 69.4 Å². The molecule has 1 aromatic carbocycles. The van der Waals surface area contributed by atoms with E-state index in [4.69, 9.17) is 4.74 Å². The first-order valence-electron chi connectivity index (χ1n) is 10.5. The van der Waals surface area contributed by atoms with Gasteiger partial charge in [0.05, 0.1) is 6.26 Å². The number of aromatic amines is 1. The highest BCUT2D eigenvalue weighted by Crippen LogP contribution is 2.33. The Labute approximate surface area is 182 Å². The summed E-state index contributed by atoms with van der Waals surface area (Å²) in [5.41, 5.74) is 1.46. The Kier molecular flexibility index (Phi) is 7.64. The first-order chi connectivity index (χ1) is 14.7. The third kappa shape index (κ3) is 6.00. The fraction of sp³-hybridized carbons (Fsp3) is 0.500. The van der Waals surface area contributed by atoms with E-state index in [-0.39, 0.29) is 12.1 Å². The Morgan fingerprint density at radius 2 is 1.97 bits per heavy atom. The lowest BCUT2D eigenvalue weighted by Gasteiger charge is -2.39. The molecule has 0 bridgehead atoms. The summed E-state index contributed by atoms with van der Waals surface area (Å²) < 4.78 is 45.9. The lowest BCUT2D eigenvalue weighted by Crippen LogP contribution is -2.46. The molecule has 0 aliphatic carbocycles. The lowest BCUT2D eigenvalue weighted by atomic mass is 9.82. The van der Waals surface area contributed by atoms with E-state index in [1.807, 2.05) is 13.0 Å². The van der Waals surface area contributed by atoms with Crippen molar-refractivity contribution in [2.75, 3.05) is 26.0 Å². The van der Waals surface area contributed by atoms with Crippen LogP contribution in [0.15, 0.2) is 41.3 Å². The normalized spacial score (nSPS) is 16.5. The van der Waals surface area contributed by atoms with E-state index in [1.54, 1.807) is 18.3 Å². The summed E-state index contributed by atoms with van der Waals surface area (Å²) in [6, 6.07) is 8.29. The summed E-state index contributed by atoms with van der Waals surface area (Å²) in [4.78, 5) is 13.9. The molecule has 3 rings (SSSR count).